The average Bonchev–Trinajstić information content (AvgIpc) is 2.64. The van der Waals surface area contributed by atoms with Gasteiger partial charge in [-0.1, -0.05) is 23.7 Å². The Kier molecular flexibility index (Phi) is 5.92. The molecule has 1 fully saturated rings. The van der Waals surface area contributed by atoms with E-state index in [1.807, 2.05) is 24.3 Å². The van der Waals surface area contributed by atoms with Crippen molar-refractivity contribution >= 4 is 39.0 Å². The highest BCUT2D eigenvalue weighted by Crippen LogP contribution is 2.24. The third-order valence-corrected chi connectivity index (χ3v) is 5.95. The third kappa shape index (κ3) is 4.93. The molecule has 8 heteroatoms. The van der Waals surface area contributed by atoms with Crippen molar-refractivity contribution in [3.05, 3.63) is 59.1 Å². The van der Waals surface area contributed by atoms with Crippen LogP contribution in [0.1, 0.15) is 18.9 Å². The van der Waals surface area contributed by atoms with E-state index < -0.39 is 10.0 Å². The van der Waals surface area contributed by atoms with Gasteiger partial charge in [-0.3, -0.25) is 9.62 Å². The van der Waals surface area contributed by atoms with Crippen molar-refractivity contribution in [2.75, 3.05) is 28.5 Å². The fraction of sp³-hybridized carbons (Fsp3) is 0.316. The van der Waals surface area contributed by atoms with Crippen LogP contribution in [0.25, 0.3) is 0 Å². The molecule has 6 nitrogen and oxygen atoms in total. The van der Waals surface area contributed by atoms with Crippen molar-refractivity contribution in [2.45, 2.75) is 19.9 Å². The zero-order chi connectivity index (χ0) is 19.4. The van der Waals surface area contributed by atoms with Crippen LogP contribution in [0.15, 0.2) is 48.5 Å². The van der Waals surface area contributed by atoms with Gasteiger partial charge in [0.25, 0.3) is 0 Å². The van der Waals surface area contributed by atoms with Crippen molar-refractivity contribution < 1.29 is 13.2 Å². The zero-order valence-electron chi connectivity index (χ0n) is 15.1. The van der Waals surface area contributed by atoms with Crippen molar-refractivity contribution in [1.29, 1.82) is 0 Å². The Morgan fingerprint density at radius 3 is 2.52 bits per heavy atom. The monoisotopic (exact) mass is 407 g/mol. The minimum absolute atomic E-state index is 0.0117. The molecule has 1 heterocycles. The maximum Gasteiger partial charge on any atom is 0.324 e. The number of carbonyl (C=O) groups excluding carboxylic acids is 1. The van der Waals surface area contributed by atoms with Gasteiger partial charge in [-0.25, -0.2) is 13.2 Å². The number of hydrogen-bond acceptors (Lipinski definition) is 3. The van der Waals surface area contributed by atoms with Gasteiger partial charge in [0.05, 0.1) is 5.75 Å². The SMILES string of the molecule is CCS(=O)(=O)Nc1ccc(N2CCCN(Cc3cccc(Cl)c3)C2=O)cc1. The number of halogens is 1. The number of carbonyl (C=O) groups is 1. The second kappa shape index (κ2) is 8.19. The van der Waals surface area contributed by atoms with Gasteiger partial charge >= 0.3 is 6.03 Å². The highest BCUT2D eigenvalue weighted by Gasteiger charge is 2.26. The summed E-state index contributed by atoms with van der Waals surface area (Å²) in [5.74, 6) is 0.0117. The Morgan fingerprint density at radius 1 is 1.11 bits per heavy atom. The molecular weight excluding hydrogens is 386 g/mol. The number of anilines is 2. The molecule has 144 valence electrons. The molecule has 3 rings (SSSR count). The predicted molar refractivity (Wildman–Crippen MR) is 109 cm³/mol. The first-order chi connectivity index (χ1) is 12.9. The summed E-state index contributed by atoms with van der Waals surface area (Å²) in [7, 11) is -3.32. The summed E-state index contributed by atoms with van der Waals surface area (Å²) in [5.41, 5.74) is 2.22. The van der Waals surface area contributed by atoms with Crippen LogP contribution in [0.3, 0.4) is 0 Å². The van der Waals surface area contributed by atoms with Gasteiger partial charge in [-0.05, 0) is 55.3 Å². The minimum atomic E-state index is -3.32. The lowest BCUT2D eigenvalue weighted by molar-refractivity contribution is 0.192. The minimum Gasteiger partial charge on any atom is -0.320 e. The van der Waals surface area contributed by atoms with Crippen LogP contribution in [-0.2, 0) is 16.6 Å². The van der Waals surface area contributed by atoms with Crippen molar-refractivity contribution in [2.24, 2.45) is 0 Å². The molecule has 1 saturated heterocycles. The summed E-state index contributed by atoms with van der Waals surface area (Å²) in [5, 5.41) is 0.652. The van der Waals surface area contributed by atoms with Gasteiger partial charge < -0.3 is 4.90 Å². The van der Waals surface area contributed by atoms with Crippen LogP contribution in [0.4, 0.5) is 16.2 Å². The molecule has 0 aliphatic carbocycles. The van der Waals surface area contributed by atoms with E-state index in [0.29, 0.717) is 30.3 Å². The third-order valence-electron chi connectivity index (χ3n) is 4.41. The number of urea groups is 1. The first-order valence-electron chi connectivity index (χ1n) is 8.79. The Balaban J connectivity index is 1.72. The van der Waals surface area contributed by atoms with Crippen LogP contribution in [0, 0.1) is 0 Å². The summed E-state index contributed by atoms with van der Waals surface area (Å²) in [6.07, 6.45) is 0.858. The van der Waals surface area contributed by atoms with E-state index in [4.69, 9.17) is 11.6 Å². The van der Waals surface area contributed by atoms with Crippen LogP contribution in [0.5, 0.6) is 0 Å². The number of nitrogens with zero attached hydrogens (tertiary/aromatic N) is 2. The second-order valence-corrected chi connectivity index (χ2v) is 8.84. The number of nitrogens with one attached hydrogen (secondary N) is 1. The molecule has 27 heavy (non-hydrogen) atoms. The summed E-state index contributed by atoms with van der Waals surface area (Å²) >= 11 is 6.03. The quantitative estimate of drug-likeness (QED) is 0.788. The summed E-state index contributed by atoms with van der Waals surface area (Å²) in [6, 6.07) is 14.3. The molecule has 2 aromatic carbocycles. The van der Waals surface area contributed by atoms with Gasteiger partial charge in [0, 0.05) is 36.0 Å². The number of hydrogen-bond donors (Lipinski definition) is 1. The first-order valence-corrected chi connectivity index (χ1v) is 10.8. The van der Waals surface area contributed by atoms with Crippen LogP contribution in [-0.4, -0.2) is 38.2 Å². The molecule has 0 spiro atoms. The van der Waals surface area contributed by atoms with E-state index in [9.17, 15) is 13.2 Å². The maximum atomic E-state index is 12.9. The van der Waals surface area contributed by atoms with Gasteiger partial charge in [0.15, 0.2) is 0 Å². The standard InChI is InChI=1S/C19H22ClN3O3S/c1-2-27(25,26)21-17-7-9-18(10-8-17)23-12-4-11-22(19(23)24)14-15-5-3-6-16(20)13-15/h3,5-10,13,21H,2,4,11-12,14H2,1H3. The summed E-state index contributed by atoms with van der Waals surface area (Å²) in [4.78, 5) is 16.4. The van der Waals surface area contributed by atoms with Gasteiger partial charge in [0.2, 0.25) is 10.0 Å². The Labute approximate surface area is 164 Å². The lowest BCUT2D eigenvalue weighted by Crippen LogP contribution is -2.49. The molecule has 0 unspecified atom stereocenters. The van der Waals surface area contributed by atoms with E-state index in [1.165, 1.54) is 0 Å². The number of benzene rings is 2. The van der Waals surface area contributed by atoms with E-state index in [1.54, 1.807) is 41.0 Å². The van der Waals surface area contributed by atoms with Crippen LogP contribution >= 0.6 is 11.6 Å². The summed E-state index contributed by atoms with van der Waals surface area (Å²) in [6.45, 7) is 3.41. The lowest BCUT2D eigenvalue weighted by atomic mass is 10.2. The van der Waals surface area contributed by atoms with Crippen molar-refractivity contribution in [1.82, 2.24) is 4.90 Å². The summed E-state index contributed by atoms with van der Waals surface area (Å²) < 4.78 is 25.8. The number of sulfonamides is 1. The maximum absolute atomic E-state index is 12.9. The molecule has 0 bridgehead atoms. The molecule has 2 amide bonds. The normalized spacial score (nSPS) is 15.1. The van der Waals surface area contributed by atoms with Crippen LogP contribution < -0.4 is 9.62 Å². The zero-order valence-corrected chi connectivity index (χ0v) is 16.6. The molecule has 0 atom stereocenters. The van der Waals surface area contributed by atoms with Crippen LogP contribution in [0.2, 0.25) is 5.02 Å². The lowest BCUT2D eigenvalue weighted by Gasteiger charge is -2.35. The van der Waals surface area contributed by atoms with E-state index in [0.717, 1.165) is 17.7 Å². The van der Waals surface area contributed by atoms with E-state index in [-0.39, 0.29) is 11.8 Å². The van der Waals surface area contributed by atoms with Crippen molar-refractivity contribution in [3.63, 3.8) is 0 Å². The molecule has 0 saturated carbocycles. The van der Waals surface area contributed by atoms with E-state index in [2.05, 4.69) is 4.72 Å². The fourth-order valence-electron chi connectivity index (χ4n) is 2.98. The Hall–Kier alpha value is -2.25. The molecule has 0 radical (unpaired) electrons. The molecule has 1 aliphatic heterocycles. The fourth-order valence-corrected chi connectivity index (χ4v) is 3.84. The molecule has 1 aliphatic rings. The number of rotatable bonds is 6. The number of amides is 2. The van der Waals surface area contributed by atoms with Crippen molar-refractivity contribution in [3.8, 4) is 0 Å². The molecule has 2 aromatic rings. The van der Waals surface area contributed by atoms with Gasteiger partial charge in [-0.15, -0.1) is 0 Å². The topological polar surface area (TPSA) is 69.7 Å². The molecular formula is C19H22ClN3O3S. The van der Waals surface area contributed by atoms with Gasteiger partial charge in [0.1, 0.15) is 0 Å². The molecule has 0 aromatic heterocycles. The second-order valence-electron chi connectivity index (χ2n) is 6.39. The Bertz CT molecular complexity index is 916. The highest BCUT2D eigenvalue weighted by atomic mass is 35.5. The predicted octanol–water partition coefficient (Wildman–Crippen LogP) is 3.93. The van der Waals surface area contributed by atoms with Gasteiger partial charge in [-0.2, -0.15) is 0 Å². The highest BCUT2D eigenvalue weighted by molar-refractivity contribution is 7.92. The molecule has 1 N–H and O–H groups in total. The van der Waals surface area contributed by atoms with E-state index >= 15 is 0 Å². The largest absolute Gasteiger partial charge is 0.324 e. The Morgan fingerprint density at radius 2 is 1.85 bits per heavy atom. The first kappa shape index (κ1) is 19.5. The smallest absolute Gasteiger partial charge is 0.320 e. The average molecular weight is 408 g/mol.